The van der Waals surface area contributed by atoms with Gasteiger partial charge in [0, 0.05) is 14.1 Å². The van der Waals surface area contributed by atoms with Gasteiger partial charge in [0.1, 0.15) is 12.3 Å². The van der Waals surface area contributed by atoms with Gasteiger partial charge in [0.25, 0.3) is 5.91 Å². The highest BCUT2D eigenvalue weighted by molar-refractivity contribution is 6.05. The lowest BCUT2D eigenvalue weighted by Crippen LogP contribution is -2.54. The highest BCUT2D eigenvalue weighted by Gasteiger charge is 2.41. The Kier molecular flexibility index (Phi) is 3.22. The van der Waals surface area contributed by atoms with E-state index in [0.717, 1.165) is 0 Å². The van der Waals surface area contributed by atoms with Crippen LogP contribution in [0.5, 0.6) is 5.75 Å². The zero-order valence-electron chi connectivity index (χ0n) is 11.6. The van der Waals surface area contributed by atoms with Crippen molar-refractivity contribution in [1.82, 2.24) is 4.90 Å². The Morgan fingerprint density at radius 1 is 1.32 bits per heavy atom. The minimum Gasteiger partial charge on any atom is -0.476 e. The molecule has 0 atom stereocenters. The summed E-state index contributed by atoms with van der Waals surface area (Å²) in [5, 5.41) is 0. The molecule has 0 bridgehead atoms. The zero-order chi connectivity index (χ0) is 14.2. The number of ether oxygens (including phenoxy) is 1. The fourth-order valence-corrected chi connectivity index (χ4v) is 1.95. The van der Waals surface area contributed by atoms with Crippen molar-refractivity contribution in [3.8, 4) is 5.75 Å². The van der Waals surface area contributed by atoms with Crippen LogP contribution in [0, 0.1) is 0 Å². The van der Waals surface area contributed by atoms with Crippen LogP contribution in [-0.4, -0.2) is 43.0 Å². The van der Waals surface area contributed by atoms with Gasteiger partial charge >= 0.3 is 0 Å². The van der Waals surface area contributed by atoms with Crippen LogP contribution in [0.2, 0.25) is 0 Å². The molecule has 102 valence electrons. The van der Waals surface area contributed by atoms with Gasteiger partial charge in [-0.1, -0.05) is 12.1 Å². The van der Waals surface area contributed by atoms with Gasteiger partial charge in [-0.2, -0.15) is 0 Å². The van der Waals surface area contributed by atoms with Crippen molar-refractivity contribution >= 4 is 17.5 Å². The predicted octanol–water partition coefficient (Wildman–Crippen LogP) is 1.28. The summed E-state index contributed by atoms with van der Waals surface area (Å²) in [5.41, 5.74) is -0.317. The molecule has 0 aliphatic carbocycles. The number of nitrogens with zero attached hydrogens (tertiary/aromatic N) is 2. The van der Waals surface area contributed by atoms with Crippen LogP contribution in [0.4, 0.5) is 5.69 Å². The number of carbonyl (C=O) groups is 2. The third kappa shape index (κ3) is 2.41. The van der Waals surface area contributed by atoms with Crippen molar-refractivity contribution in [2.45, 2.75) is 19.4 Å². The van der Waals surface area contributed by atoms with Crippen LogP contribution in [0.1, 0.15) is 13.8 Å². The number of amides is 2. The third-order valence-corrected chi connectivity index (χ3v) is 3.07. The number of anilines is 1. The Labute approximate surface area is 112 Å². The summed E-state index contributed by atoms with van der Waals surface area (Å²) in [5.74, 6) is 0.293. The van der Waals surface area contributed by atoms with Crippen molar-refractivity contribution in [2.75, 3.05) is 25.5 Å². The number of fused-ring (bicyclic) bond motifs is 1. The smallest absolute Gasteiger partial charge is 0.271 e. The molecule has 0 aromatic heterocycles. The first-order valence-corrected chi connectivity index (χ1v) is 6.13. The van der Waals surface area contributed by atoms with Crippen LogP contribution in [0.25, 0.3) is 0 Å². The van der Waals surface area contributed by atoms with Crippen molar-refractivity contribution in [3.63, 3.8) is 0 Å². The maximum Gasteiger partial charge on any atom is 0.271 e. The van der Waals surface area contributed by atoms with Crippen molar-refractivity contribution < 1.29 is 14.3 Å². The maximum absolute atomic E-state index is 12.4. The van der Waals surface area contributed by atoms with Crippen LogP contribution in [-0.2, 0) is 9.59 Å². The molecule has 0 spiro atoms. The lowest BCUT2D eigenvalue weighted by Gasteiger charge is -2.38. The summed E-state index contributed by atoms with van der Waals surface area (Å²) in [7, 11) is 3.34. The Hall–Kier alpha value is -2.04. The molecule has 1 aromatic carbocycles. The van der Waals surface area contributed by atoms with Gasteiger partial charge in [-0.3, -0.25) is 14.5 Å². The second-order valence-electron chi connectivity index (χ2n) is 5.26. The van der Waals surface area contributed by atoms with E-state index in [4.69, 9.17) is 4.74 Å². The van der Waals surface area contributed by atoms with Crippen LogP contribution in [0.3, 0.4) is 0 Å². The van der Waals surface area contributed by atoms with E-state index in [2.05, 4.69) is 0 Å². The molecule has 5 nitrogen and oxygen atoms in total. The number of hydrogen-bond donors (Lipinski definition) is 0. The van der Waals surface area contributed by atoms with E-state index in [1.165, 1.54) is 9.80 Å². The first-order chi connectivity index (χ1) is 8.83. The molecule has 1 aromatic rings. The van der Waals surface area contributed by atoms with Gasteiger partial charge in [0.2, 0.25) is 5.91 Å². The molecule has 19 heavy (non-hydrogen) atoms. The molecular formula is C14H18N2O3. The van der Waals surface area contributed by atoms with Gasteiger partial charge in [0.15, 0.2) is 5.60 Å². The second kappa shape index (κ2) is 4.57. The summed E-state index contributed by atoms with van der Waals surface area (Å²) in [6.45, 7) is 3.44. The number of para-hydroxylation sites is 2. The number of hydrogen-bond acceptors (Lipinski definition) is 3. The Morgan fingerprint density at radius 2 is 1.95 bits per heavy atom. The fraction of sp³-hybridized carbons (Fsp3) is 0.429. The molecule has 5 heteroatoms. The van der Waals surface area contributed by atoms with Crippen LogP contribution in [0.15, 0.2) is 24.3 Å². The number of rotatable bonds is 2. The topological polar surface area (TPSA) is 49.9 Å². The van der Waals surface area contributed by atoms with Gasteiger partial charge in [0.05, 0.1) is 5.69 Å². The average molecular weight is 262 g/mol. The molecule has 0 N–H and O–H groups in total. The highest BCUT2D eigenvalue weighted by atomic mass is 16.5. The standard InChI is InChI=1S/C14H18N2O3/c1-14(2)13(18)16(9-12(17)15(3)4)10-7-5-6-8-11(10)19-14/h5-8H,9H2,1-4H3. The fourth-order valence-electron chi connectivity index (χ4n) is 1.95. The Morgan fingerprint density at radius 3 is 2.58 bits per heavy atom. The van der Waals surface area contributed by atoms with E-state index in [9.17, 15) is 9.59 Å². The molecule has 0 unspecified atom stereocenters. The van der Waals surface area contributed by atoms with Gasteiger partial charge in [-0.15, -0.1) is 0 Å². The first kappa shape index (κ1) is 13.4. The molecule has 0 saturated heterocycles. The summed E-state index contributed by atoms with van der Waals surface area (Å²) < 4.78 is 5.69. The predicted molar refractivity (Wildman–Crippen MR) is 72.2 cm³/mol. The molecule has 0 fully saturated rings. The molecule has 0 radical (unpaired) electrons. The Balaban J connectivity index is 2.40. The summed E-state index contributed by atoms with van der Waals surface area (Å²) >= 11 is 0. The molecule has 2 amide bonds. The van der Waals surface area contributed by atoms with E-state index in [1.54, 1.807) is 40.1 Å². The van der Waals surface area contributed by atoms with Gasteiger partial charge < -0.3 is 9.64 Å². The summed E-state index contributed by atoms with van der Waals surface area (Å²) in [6, 6.07) is 7.25. The summed E-state index contributed by atoms with van der Waals surface area (Å²) in [4.78, 5) is 27.2. The van der Waals surface area contributed by atoms with E-state index >= 15 is 0 Å². The minimum absolute atomic E-state index is 0.0234. The molecule has 0 saturated carbocycles. The zero-order valence-corrected chi connectivity index (χ0v) is 11.6. The van der Waals surface area contributed by atoms with Gasteiger partial charge in [-0.25, -0.2) is 0 Å². The molecule has 1 aliphatic rings. The van der Waals surface area contributed by atoms with E-state index in [0.29, 0.717) is 11.4 Å². The third-order valence-electron chi connectivity index (χ3n) is 3.07. The van der Waals surface area contributed by atoms with E-state index in [-0.39, 0.29) is 18.4 Å². The van der Waals surface area contributed by atoms with Crippen molar-refractivity contribution in [1.29, 1.82) is 0 Å². The molecular weight excluding hydrogens is 244 g/mol. The quantitative estimate of drug-likeness (QED) is 0.806. The van der Waals surface area contributed by atoms with Gasteiger partial charge in [-0.05, 0) is 26.0 Å². The second-order valence-corrected chi connectivity index (χ2v) is 5.26. The molecule has 2 rings (SSSR count). The highest BCUT2D eigenvalue weighted by Crippen LogP contribution is 2.37. The maximum atomic E-state index is 12.4. The minimum atomic E-state index is -0.957. The molecule has 1 aliphatic heterocycles. The summed E-state index contributed by atoms with van der Waals surface area (Å²) in [6.07, 6.45) is 0. The van der Waals surface area contributed by atoms with E-state index in [1.807, 2.05) is 12.1 Å². The monoisotopic (exact) mass is 262 g/mol. The lowest BCUT2D eigenvalue weighted by molar-refractivity contribution is -0.135. The SMILES string of the molecule is CN(C)C(=O)CN1C(=O)C(C)(C)Oc2ccccc21. The lowest BCUT2D eigenvalue weighted by atomic mass is 10.0. The van der Waals surface area contributed by atoms with Crippen LogP contribution < -0.4 is 9.64 Å². The van der Waals surface area contributed by atoms with E-state index < -0.39 is 5.60 Å². The van der Waals surface area contributed by atoms with Crippen molar-refractivity contribution in [3.05, 3.63) is 24.3 Å². The Bertz CT molecular complexity index is 523. The van der Waals surface area contributed by atoms with Crippen molar-refractivity contribution in [2.24, 2.45) is 0 Å². The number of likely N-dealkylation sites (N-methyl/N-ethyl adjacent to an activating group) is 1. The number of benzene rings is 1. The average Bonchev–Trinajstić information content (AvgIpc) is 2.34. The first-order valence-electron chi connectivity index (χ1n) is 6.13. The largest absolute Gasteiger partial charge is 0.476 e. The molecule has 1 heterocycles. The number of carbonyl (C=O) groups excluding carboxylic acids is 2. The van der Waals surface area contributed by atoms with Crippen LogP contribution >= 0.6 is 0 Å². The normalized spacial score (nSPS) is 16.6.